The van der Waals surface area contributed by atoms with E-state index in [4.69, 9.17) is 15.5 Å². The van der Waals surface area contributed by atoms with Gasteiger partial charge in [0.2, 0.25) is 0 Å². The molecule has 0 aliphatic heterocycles. The second-order valence-corrected chi connectivity index (χ2v) is 25.7. The summed E-state index contributed by atoms with van der Waals surface area (Å²) >= 11 is 1.61. The number of aromatic nitrogens is 2. The smallest absolute Gasteiger partial charge is 0.0878 e. The van der Waals surface area contributed by atoms with Crippen LogP contribution in [0, 0.1) is 19.0 Å². The van der Waals surface area contributed by atoms with Gasteiger partial charge in [-0.3, -0.25) is 0 Å². The first kappa shape index (κ1) is 34.3. The van der Waals surface area contributed by atoms with Crippen LogP contribution in [0.1, 0.15) is 55.8 Å². The maximum absolute atomic E-state index is 8.93. The molecule has 7 aromatic rings. The van der Waals surface area contributed by atoms with Crippen molar-refractivity contribution in [3.05, 3.63) is 144 Å². The summed E-state index contributed by atoms with van der Waals surface area (Å²) in [6.45, 7) is 13.6. The average molecular weight is 915 g/mol. The molecule has 7 rings (SSSR count). The first-order chi connectivity index (χ1) is 26.1. The molecule has 1 atom stereocenters. The van der Waals surface area contributed by atoms with E-state index >= 15 is 0 Å². The van der Waals surface area contributed by atoms with Crippen LogP contribution in [-0.2, 0) is 20.1 Å². The van der Waals surface area contributed by atoms with Gasteiger partial charge in [-0.1, -0.05) is 151 Å². The quantitative estimate of drug-likeness (QED) is 0.107. The van der Waals surface area contributed by atoms with E-state index < -0.39 is 28.9 Å². The maximum atomic E-state index is 8.93. The number of nitrogens with zero attached hydrogens (tertiary/aromatic N) is 2. The minimum atomic E-state index is -2.17. The zero-order valence-corrected chi connectivity index (χ0v) is 36.4. The monoisotopic (exact) mass is 915 g/mol. The summed E-state index contributed by atoms with van der Waals surface area (Å²) in [5, 5.41) is 4.55. The van der Waals surface area contributed by atoms with Crippen molar-refractivity contribution in [1.29, 1.82) is 0 Å². The molecule has 0 bridgehead atoms. The number of hydrogen-bond donors (Lipinski definition) is 0. The predicted octanol–water partition coefficient (Wildman–Crippen LogP) is 12.2. The van der Waals surface area contributed by atoms with Crippen LogP contribution in [-0.4, -0.2) is 26.1 Å². The van der Waals surface area contributed by atoms with E-state index in [0.29, 0.717) is 5.56 Å². The molecule has 1 unspecified atom stereocenters. The van der Waals surface area contributed by atoms with Gasteiger partial charge in [0.25, 0.3) is 0 Å². The molecule has 0 N–H and O–H groups in total. The van der Waals surface area contributed by atoms with Crippen molar-refractivity contribution < 1.29 is 25.6 Å². The molecule has 4 aromatic carbocycles. The fourth-order valence-electron chi connectivity index (χ4n) is 6.88. The largest absolute Gasteiger partial charge is 0.305 e. The van der Waals surface area contributed by atoms with Gasteiger partial charge in [0, 0.05) is 42.7 Å². The third-order valence-electron chi connectivity index (χ3n) is 10.5. The average Bonchev–Trinajstić information content (AvgIpc) is 3.58. The van der Waals surface area contributed by atoms with Crippen LogP contribution in [0.3, 0.4) is 0 Å². The van der Waals surface area contributed by atoms with Crippen molar-refractivity contribution >= 4 is 58.0 Å². The Kier molecular flexibility index (Phi) is 11.3. The Labute approximate surface area is 336 Å². The SMILES string of the molecule is [2H]C(C)(c1ccccc1)c1cc[c-]c(-c2ccc([Si](CC)(CC)CC)cn2)c1.[2H]C([2H])([2H])c1c[c-]c(-c2ccc([Si](C)(C)C)cn2)c2sc3ccccc3c12.[Ir]. The summed E-state index contributed by atoms with van der Waals surface area (Å²) in [4.78, 5) is 9.49. The predicted molar refractivity (Wildman–Crippen MR) is 228 cm³/mol. The van der Waals surface area contributed by atoms with Crippen LogP contribution < -0.4 is 10.4 Å². The van der Waals surface area contributed by atoms with Crippen LogP contribution in [0.4, 0.5) is 0 Å². The molecule has 0 aliphatic carbocycles. The normalized spacial score (nSPS) is 14.2. The van der Waals surface area contributed by atoms with Crippen molar-refractivity contribution in [2.24, 2.45) is 0 Å². The van der Waals surface area contributed by atoms with Crippen molar-refractivity contribution in [2.45, 2.75) is 78.2 Å². The zero-order valence-electron chi connectivity index (χ0n) is 35.2. The van der Waals surface area contributed by atoms with E-state index in [1.807, 2.05) is 85.9 Å². The molecule has 0 fully saturated rings. The van der Waals surface area contributed by atoms with Gasteiger partial charge in [-0.15, -0.1) is 58.7 Å². The molecule has 6 heteroatoms. The summed E-state index contributed by atoms with van der Waals surface area (Å²) < 4.78 is 34.8. The number of thiophene rings is 1. The minimum Gasteiger partial charge on any atom is -0.305 e. The molecular weight excluding hydrogens is 861 g/mol. The number of pyridine rings is 2. The molecule has 269 valence electrons. The van der Waals surface area contributed by atoms with E-state index in [1.54, 1.807) is 17.4 Å². The van der Waals surface area contributed by atoms with Gasteiger partial charge in [-0.2, -0.15) is 11.3 Å². The van der Waals surface area contributed by atoms with Crippen LogP contribution in [0.2, 0.25) is 37.8 Å². The fraction of sp³-hybridized carbons (Fsp3) is 0.261. The van der Waals surface area contributed by atoms with E-state index in [1.165, 1.54) is 28.5 Å². The van der Waals surface area contributed by atoms with E-state index in [2.05, 4.69) is 83.0 Å². The topological polar surface area (TPSA) is 25.8 Å². The van der Waals surface area contributed by atoms with Crippen molar-refractivity contribution in [3.63, 3.8) is 0 Å². The van der Waals surface area contributed by atoms with Crippen molar-refractivity contribution in [1.82, 2.24) is 9.97 Å². The summed E-state index contributed by atoms with van der Waals surface area (Å²) in [5.74, 6) is -0.806. The van der Waals surface area contributed by atoms with Gasteiger partial charge in [-0.25, -0.2) is 0 Å². The van der Waals surface area contributed by atoms with Crippen LogP contribution in [0.5, 0.6) is 0 Å². The Morgan fingerprint density at radius 2 is 1.42 bits per heavy atom. The van der Waals surface area contributed by atoms with E-state index in [-0.39, 0.29) is 20.1 Å². The molecule has 1 radical (unpaired) electrons. The van der Waals surface area contributed by atoms with Crippen LogP contribution >= 0.6 is 11.3 Å². The molecule has 0 spiro atoms. The number of fused-ring (bicyclic) bond motifs is 3. The molecule has 2 nitrogen and oxygen atoms in total. The Morgan fingerprint density at radius 1 is 0.769 bits per heavy atom. The second kappa shape index (κ2) is 17.1. The van der Waals surface area contributed by atoms with Crippen molar-refractivity contribution in [2.75, 3.05) is 0 Å². The number of rotatable bonds is 9. The molecule has 0 saturated heterocycles. The summed E-state index contributed by atoms with van der Waals surface area (Å²) in [7, 11) is -2.82. The maximum Gasteiger partial charge on any atom is 0.0878 e. The molecular formula is C46H50IrN2SSi2-2. The summed E-state index contributed by atoms with van der Waals surface area (Å²) in [5.41, 5.74) is 5.90. The summed E-state index contributed by atoms with van der Waals surface area (Å²) in [6.07, 6.45) is 4.06. The number of benzene rings is 4. The Balaban J connectivity index is 0.000000211. The van der Waals surface area contributed by atoms with Gasteiger partial charge in [-0.05, 0) is 49.4 Å². The Morgan fingerprint density at radius 3 is 2.06 bits per heavy atom. The fourth-order valence-corrected chi connectivity index (χ4v) is 12.6. The molecule has 3 aromatic heterocycles. The van der Waals surface area contributed by atoms with Crippen LogP contribution in [0.15, 0.2) is 116 Å². The second-order valence-electron chi connectivity index (χ2n) is 14.3. The number of hydrogen-bond acceptors (Lipinski definition) is 3. The van der Waals surface area contributed by atoms with Crippen LogP contribution in [0.25, 0.3) is 42.7 Å². The Hall–Kier alpha value is -3.52. The molecule has 0 aliphatic rings. The van der Waals surface area contributed by atoms with Gasteiger partial charge in [0.15, 0.2) is 0 Å². The van der Waals surface area contributed by atoms with Crippen molar-refractivity contribution in [3.8, 4) is 22.5 Å². The summed E-state index contributed by atoms with van der Waals surface area (Å²) in [6, 6.07) is 44.5. The van der Waals surface area contributed by atoms with Gasteiger partial charge >= 0.3 is 0 Å². The molecule has 0 saturated carbocycles. The first-order valence-electron chi connectivity index (χ1n) is 20.0. The van der Waals surface area contributed by atoms with E-state index in [0.717, 1.165) is 53.8 Å². The number of aryl methyl sites for hydroxylation is 1. The van der Waals surface area contributed by atoms with Gasteiger partial charge in [0.05, 0.1) is 16.1 Å². The van der Waals surface area contributed by atoms with Gasteiger partial charge in [0.1, 0.15) is 0 Å². The zero-order chi connectivity index (χ0) is 39.6. The molecule has 52 heavy (non-hydrogen) atoms. The Bertz CT molecular complexity index is 2380. The molecule has 3 heterocycles. The standard InChI is InChI=1S/C25H30NSi.C21H20NSSi.Ir/c1-5-27(6-2,7-3)24-16-17-25(26-19-24)23-15-11-14-22(18-23)20(4)21-12-9-8-10-13-21;1-14-9-11-16(18-12-10-15(13-22-18)24(2,3)4)21-20(14)17-7-5-6-8-19(17)23-21;/h8-14,16-20H,5-7H2,1-4H3;5-10,12-13H,1-4H3;/q2*-1;/i20D;1D3;. The van der Waals surface area contributed by atoms with Gasteiger partial charge < -0.3 is 9.97 Å². The first-order valence-corrected chi connectivity index (χ1v) is 24.9. The third kappa shape index (κ3) is 8.32. The third-order valence-corrected chi connectivity index (χ3v) is 19.3. The molecule has 0 amide bonds. The van der Waals surface area contributed by atoms with E-state index in [9.17, 15) is 0 Å². The minimum absolute atomic E-state index is 0.